The van der Waals surface area contributed by atoms with Crippen molar-refractivity contribution in [3.8, 4) is 0 Å². The molecule has 1 amide bonds. The summed E-state index contributed by atoms with van der Waals surface area (Å²) < 4.78 is 5.41. The molecule has 2 aliphatic rings. The molecule has 1 aliphatic carbocycles. The number of rotatable bonds is 9. The van der Waals surface area contributed by atoms with Crippen LogP contribution in [-0.2, 0) is 9.53 Å². The van der Waals surface area contributed by atoms with Gasteiger partial charge in [-0.1, -0.05) is 45.4 Å². The van der Waals surface area contributed by atoms with Crippen LogP contribution in [-0.4, -0.2) is 38.3 Å². The third-order valence-electron chi connectivity index (χ3n) is 5.46. The van der Waals surface area contributed by atoms with Gasteiger partial charge in [0.25, 0.3) is 0 Å². The quantitative estimate of drug-likeness (QED) is 0.684. The number of amides is 1. The van der Waals surface area contributed by atoms with Gasteiger partial charge in [0.1, 0.15) is 0 Å². The van der Waals surface area contributed by atoms with Crippen molar-refractivity contribution < 1.29 is 9.53 Å². The van der Waals surface area contributed by atoms with E-state index in [1.54, 1.807) is 0 Å². The van der Waals surface area contributed by atoms with Crippen LogP contribution in [0.3, 0.4) is 0 Å². The van der Waals surface area contributed by atoms with E-state index in [4.69, 9.17) is 4.74 Å². The number of hydrogen-bond acceptors (Lipinski definition) is 3. The molecule has 0 aromatic rings. The third kappa shape index (κ3) is 7.21. The van der Waals surface area contributed by atoms with E-state index in [-0.39, 0.29) is 11.9 Å². The fourth-order valence-corrected chi connectivity index (χ4v) is 3.87. The van der Waals surface area contributed by atoms with Crippen LogP contribution in [0.2, 0.25) is 0 Å². The average Bonchev–Trinajstić information content (AvgIpc) is 2.60. The Balaban J connectivity index is 1.64. The molecule has 2 rings (SSSR count). The van der Waals surface area contributed by atoms with Crippen molar-refractivity contribution in [3.63, 3.8) is 0 Å². The van der Waals surface area contributed by atoms with E-state index in [0.29, 0.717) is 5.92 Å². The van der Waals surface area contributed by atoms with Crippen molar-refractivity contribution >= 4 is 5.91 Å². The Hall–Kier alpha value is -0.610. The topological polar surface area (TPSA) is 50.4 Å². The second-order valence-corrected chi connectivity index (χ2v) is 7.39. The van der Waals surface area contributed by atoms with Gasteiger partial charge in [-0.15, -0.1) is 0 Å². The summed E-state index contributed by atoms with van der Waals surface area (Å²) in [7, 11) is 0. The molecule has 4 nitrogen and oxygen atoms in total. The Kier molecular flexibility index (Phi) is 8.98. The molecule has 1 unspecified atom stereocenters. The van der Waals surface area contributed by atoms with Crippen LogP contribution in [0.25, 0.3) is 0 Å². The first-order valence-corrected chi connectivity index (χ1v) is 9.88. The van der Waals surface area contributed by atoms with Gasteiger partial charge in [0, 0.05) is 19.8 Å². The lowest BCUT2D eigenvalue weighted by Crippen LogP contribution is -2.46. The van der Waals surface area contributed by atoms with Crippen molar-refractivity contribution in [2.45, 2.75) is 77.2 Å². The lowest BCUT2D eigenvalue weighted by Gasteiger charge is -2.26. The molecule has 1 saturated heterocycles. The average molecular weight is 325 g/mol. The smallest absolute Gasteiger partial charge is 0.237 e. The van der Waals surface area contributed by atoms with E-state index in [1.807, 2.05) is 0 Å². The Labute approximate surface area is 142 Å². The summed E-state index contributed by atoms with van der Waals surface area (Å²) in [6.07, 6.45) is 12.2. The number of carbonyl (C=O) groups is 1. The van der Waals surface area contributed by atoms with Crippen molar-refractivity contribution in [3.05, 3.63) is 0 Å². The fourth-order valence-electron chi connectivity index (χ4n) is 3.87. The molecule has 0 spiro atoms. The first-order valence-electron chi connectivity index (χ1n) is 9.88. The van der Waals surface area contributed by atoms with Gasteiger partial charge in [-0.2, -0.15) is 0 Å². The Morgan fingerprint density at radius 1 is 1.09 bits per heavy atom. The fraction of sp³-hybridized carbons (Fsp3) is 0.947. The molecule has 4 heteroatoms. The van der Waals surface area contributed by atoms with Gasteiger partial charge in [0.15, 0.2) is 0 Å². The minimum absolute atomic E-state index is 0.0193. The van der Waals surface area contributed by atoms with E-state index in [0.717, 1.165) is 64.3 Å². The predicted molar refractivity (Wildman–Crippen MR) is 94.4 cm³/mol. The van der Waals surface area contributed by atoms with Crippen LogP contribution in [0.15, 0.2) is 0 Å². The van der Waals surface area contributed by atoms with Crippen molar-refractivity contribution in [1.82, 2.24) is 10.6 Å². The van der Waals surface area contributed by atoms with E-state index in [1.165, 1.54) is 32.1 Å². The second-order valence-electron chi connectivity index (χ2n) is 7.39. The molecule has 23 heavy (non-hydrogen) atoms. The first-order chi connectivity index (χ1) is 11.3. The first kappa shape index (κ1) is 18.7. The minimum atomic E-state index is -0.0193. The van der Waals surface area contributed by atoms with Gasteiger partial charge in [-0.3, -0.25) is 4.79 Å². The maximum atomic E-state index is 12.4. The molecule has 1 atom stereocenters. The second kappa shape index (κ2) is 11.0. The van der Waals surface area contributed by atoms with Crippen LogP contribution >= 0.6 is 0 Å². The summed E-state index contributed by atoms with van der Waals surface area (Å²) in [6, 6.07) is -0.0193. The standard InChI is InChI=1S/C19H36N2O2/c1-2-6-18(21-15-17-10-13-23-14-11-17)19(22)20-12-9-16-7-4-3-5-8-16/h16-18,21H,2-15H2,1H3,(H,20,22). The zero-order chi connectivity index (χ0) is 16.3. The number of ether oxygens (including phenoxy) is 1. The van der Waals surface area contributed by atoms with E-state index in [9.17, 15) is 4.79 Å². The molecular weight excluding hydrogens is 288 g/mol. The van der Waals surface area contributed by atoms with Crippen LogP contribution in [0.4, 0.5) is 0 Å². The summed E-state index contributed by atoms with van der Waals surface area (Å²) in [5.74, 6) is 1.71. The zero-order valence-electron chi connectivity index (χ0n) is 14.9. The van der Waals surface area contributed by atoms with E-state index >= 15 is 0 Å². The summed E-state index contributed by atoms with van der Waals surface area (Å²) in [6.45, 7) is 5.70. The molecule has 1 heterocycles. The molecule has 0 aromatic heterocycles. The zero-order valence-corrected chi connectivity index (χ0v) is 14.9. The SMILES string of the molecule is CCCC(NCC1CCOCC1)C(=O)NCCC1CCCCC1. The van der Waals surface area contributed by atoms with Crippen LogP contribution < -0.4 is 10.6 Å². The Morgan fingerprint density at radius 2 is 1.83 bits per heavy atom. The molecular formula is C19H36N2O2. The largest absolute Gasteiger partial charge is 0.381 e. The highest BCUT2D eigenvalue weighted by Crippen LogP contribution is 2.25. The molecule has 2 fully saturated rings. The van der Waals surface area contributed by atoms with Crippen molar-refractivity contribution in [2.24, 2.45) is 11.8 Å². The third-order valence-corrected chi connectivity index (χ3v) is 5.46. The van der Waals surface area contributed by atoms with Crippen LogP contribution in [0.1, 0.15) is 71.1 Å². The van der Waals surface area contributed by atoms with Crippen molar-refractivity contribution in [1.29, 1.82) is 0 Å². The monoisotopic (exact) mass is 324 g/mol. The number of hydrogen-bond donors (Lipinski definition) is 2. The van der Waals surface area contributed by atoms with Crippen LogP contribution in [0, 0.1) is 11.8 Å². The normalized spacial score (nSPS) is 22.0. The molecule has 2 N–H and O–H groups in total. The van der Waals surface area contributed by atoms with E-state index in [2.05, 4.69) is 17.6 Å². The summed E-state index contributed by atoms with van der Waals surface area (Å²) in [5.41, 5.74) is 0. The summed E-state index contributed by atoms with van der Waals surface area (Å²) in [5, 5.41) is 6.69. The molecule has 0 aromatic carbocycles. The summed E-state index contributed by atoms with van der Waals surface area (Å²) in [4.78, 5) is 12.4. The number of carbonyl (C=O) groups excluding carboxylic acids is 1. The van der Waals surface area contributed by atoms with Gasteiger partial charge >= 0.3 is 0 Å². The van der Waals surface area contributed by atoms with Gasteiger partial charge in [-0.25, -0.2) is 0 Å². The van der Waals surface area contributed by atoms with Gasteiger partial charge in [0.2, 0.25) is 5.91 Å². The highest BCUT2D eigenvalue weighted by atomic mass is 16.5. The molecule has 1 aliphatic heterocycles. The highest BCUT2D eigenvalue weighted by Gasteiger charge is 2.20. The maximum absolute atomic E-state index is 12.4. The number of nitrogens with one attached hydrogen (secondary N) is 2. The van der Waals surface area contributed by atoms with Gasteiger partial charge in [-0.05, 0) is 44.1 Å². The molecule has 134 valence electrons. The summed E-state index contributed by atoms with van der Waals surface area (Å²) >= 11 is 0. The van der Waals surface area contributed by atoms with Gasteiger partial charge in [0.05, 0.1) is 6.04 Å². The molecule has 0 bridgehead atoms. The lowest BCUT2D eigenvalue weighted by atomic mass is 9.87. The van der Waals surface area contributed by atoms with Gasteiger partial charge < -0.3 is 15.4 Å². The Bertz CT molecular complexity index is 323. The predicted octanol–water partition coefficient (Wildman–Crippen LogP) is 3.26. The molecule has 1 saturated carbocycles. The van der Waals surface area contributed by atoms with Crippen molar-refractivity contribution in [2.75, 3.05) is 26.3 Å². The lowest BCUT2D eigenvalue weighted by molar-refractivity contribution is -0.123. The van der Waals surface area contributed by atoms with E-state index < -0.39 is 0 Å². The van der Waals surface area contributed by atoms with Crippen LogP contribution in [0.5, 0.6) is 0 Å². The Morgan fingerprint density at radius 3 is 2.52 bits per heavy atom. The minimum Gasteiger partial charge on any atom is -0.381 e. The molecule has 0 radical (unpaired) electrons. The maximum Gasteiger partial charge on any atom is 0.237 e. The highest BCUT2D eigenvalue weighted by molar-refractivity contribution is 5.81.